The molecule has 4 nitrogen and oxygen atoms in total. The van der Waals surface area contributed by atoms with Crippen molar-refractivity contribution in [3.05, 3.63) is 111 Å². The van der Waals surface area contributed by atoms with E-state index in [2.05, 4.69) is 71.3 Å². The van der Waals surface area contributed by atoms with Crippen molar-refractivity contribution in [3.8, 4) is 11.1 Å². The van der Waals surface area contributed by atoms with Gasteiger partial charge in [0.05, 0.1) is 5.41 Å². The molecule has 0 radical (unpaired) electrons. The number of piperidine rings is 1. The summed E-state index contributed by atoms with van der Waals surface area (Å²) in [5.74, 6) is 0.226. The Morgan fingerprint density at radius 2 is 1.51 bits per heavy atom. The number of aromatic nitrogens is 1. The number of thiazole rings is 1. The van der Waals surface area contributed by atoms with E-state index in [-0.39, 0.29) is 11.3 Å². The van der Waals surface area contributed by atoms with Crippen molar-refractivity contribution >= 4 is 17.2 Å². The van der Waals surface area contributed by atoms with Crippen LogP contribution in [0.3, 0.4) is 0 Å². The highest BCUT2D eigenvalue weighted by atomic mass is 32.1. The summed E-state index contributed by atoms with van der Waals surface area (Å²) in [6, 6.07) is 26.4. The molecule has 0 atom stereocenters. The number of benzene rings is 3. The fourth-order valence-corrected chi connectivity index (χ4v) is 8.25. The van der Waals surface area contributed by atoms with E-state index in [0.717, 1.165) is 57.4 Å². The van der Waals surface area contributed by atoms with Gasteiger partial charge >= 0.3 is 0 Å². The highest BCUT2D eigenvalue weighted by molar-refractivity contribution is 7.11. The molecule has 0 N–H and O–H groups in total. The largest absolute Gasteiger partial charge is 0.331 e. The quantitative estimate of drug-likeness (QED) is 0.239. The molecule has 39 heavy (non-hydrogen) atoms. The molecule has 1 saturated heterocycles. The summed E-state index contributed by atoms with van der Waals surface area (Å²) in [5, 5.41) is 1.23. The summed E-state index contributed by atoms with van der Waals surface area (Å²) in [4.78, 5) is 23.9. The van der Waals surface area contributed by atoms with Crippen LogP contribution in [0, 0.1) is 6.92 Å². The normalized spacial score (nSPS) is 18.3. The Labute approximate surface area is 235 Å². The van der Waals surface area contributed by atoms with Crippen LogP contribution in [-0.4, -0.2) is 46.4 Å². The van der Waals surface area contributed by atoms with E-state index in [4.69, 9.17) is 4.98 Å². The number of likely N-dealkylation sites (tertiary alicyclic amines) is 1. The van der Waals surface area contributed by atoms with Gasteiger partial charge in [-0.3, -0.25) is 4.79 Å². The average molecular weight is 534 g/mol. The number of rotatable bonds is 7. The number of carbonyl (C=O) groups excluding carboxylic acids is 1. The third-order valence-corrected chi connectivity index (χ3v) is 10.2. The van der Waals surface area contributed by atoms with Crippen LogP contribution in [0.2, 0.25) is 0 Å². The molecule has 0 spiro atoms. The maximum atomic E-state index is 12.9. The second-order valence-corrected chi connectivity index (χ2v) is 12.6. The maximum absolute atomic E-state index is 12.9. The van der Waals surface area contributed by atoms with Gasteiger partial charge < -0.3 is 9.80 Å². The van der Waals surface area contributed by atoms with Crippen LogP contribution in [0.4, 0.5) is 0 Å². The smallest absolute Gasteiger partial charge is 0.254 e. The number of nitrogens with zero attached hydrogens (tertiary/aromatic N) is 3. The summed E-state index contributed by atoms with van der Waals surface area (Å²) in [5.41, 5.74) is 7.48. The molecule has 3 aromatic carbocycles. The standard InChI is InChI=1S/C34H35N3OS/c1-24-22-35-33(39-24)34(30-14-6-4-12-28(30)29-13-5-7-15-31(29)34)18-8-9-19-36-20-16-26(17-21-36)37-23-25-10-2-3-11-27(25)32(37)38/h2-7,10-15,22,26H,8-9,16-21,23H2,1H3. The molecule has 7 rings (SSSR count). The first-order valence-electron chi connectivity index (χ1n) is 14.4. The van der Waals surface area contributed by atoms with E-state index in [0.29, 0.717) is 6.04 Å². The zero-order valence-corrected chi connectivity index (χ0v) is 23.4. The van der Waals surface area contributed by atoms with Crippen molar-refractivity contribution in [3.63, 3.8) is 0 Å². The van der Waals surface area contributed by atoms with Crippen LogP contribution in [0.25, 0.3) is 11.1 Å². The number of amides is 1. The lowest BCUT2D eigenvalue weighted by Crippen LogP contribution is -2.45. The molecule has 1 aliphatic carbocycles. The fourth-order valence-electron chi connectivity index (χ4n) is 7.24. The lowest BCUT2D eigenvalue weighted by molar-refractivity contribution is 0.0595. The molecule has 5 heteroatoms. The van der Waals surface area contributed by atoms with Crippen LogP contribution >= 0.6 is 11.3 Å². The highest BCUT2D eigenvalue weighted by Crippen LogP contribution is 2.55. The number of hydrogen-bond acceptors (Lipinski definition) is 4. The van der Waals surface area contributed by atoms with Crippen molar-refractivity contribution in [2.24, 2.45) is 0 Å². The van der Waals surface area contributed by atoms with Crippen LogP contribution in [-0.2, 0) is 12.0 Å². The molecule has 1 amide bonds. The van der Waals surface area contributed by atoms with Crippen LogP contribution in [0.15, 0.2) is 79.0 Å². The number of aryl methyl sites for hydroxylation is 1. The van der Waals surface area contributed by atoms with Crippen LogP contribution in [0.1, 0.15) is 69.0 Å². The molecule has 3 heterocycles. The predicted molar refractivity (Wildman–Crippen MR) is 158 cm³/mol. The van der Waals surface area contributed by atoms with Gasteiger partial charge in [0.1, 0.15) is 5.01 Å². The minimum absolute atomic E-state index is 0.162. The van der Waals surface area contributed by atoms with E-state index in [1.54, 1.807) is 0 Å². The number of fused-ring (bicyclic) bond motifs is 4. The summed E-state index contributed by atoms with van der Waals surface area (Å²) in [6.07, 6.45) is 7.59. The summed E-state index contributed by atoms with van der Waals surface area (Å²) < 4.78 is 0. The first kappa shape index (κ1) is 24.7. The van der Waals surface area contributed by atoms with Crippen molar-refractivity contribution < 1.29 is 4.79 Å². The molecule has 3 aliphatic rings. The van der Waals surface area contributed by atoms with Crippen molar-refractivity contribution in [2.75, 3.05) is 19.6 Å². The first-order chi connectivity index (χ1) is 19.1. The summed E-state index contributed by atoms with van der Waals surface area (Å²) in [6.45, 7) is 6.22. The Kier molecular flexibility index (Phi) is 6.37. The van der Waals surface area contributed by atoms with Crippen LogP contribution in [0.5, 0.6) is 0 Å². The van der Waals surface area contributed by atoms with Gasteiger partial charge in [-0.15, -0.1) is 11.3 Å². The predicted octanol–water partition coefficient (Wildman–Crippen LogP) is 7.06. The zero-order chi connectivity index (χ0) is 26.4. The zero-order valence-electron chi connectivity index (χ0n) is 22.6. The molecule has 2 aliphatic heterocycles. The Morgan fingerprint density at radius 3 is 2.15 bits per heavy atom. The Balaban J connectivity index is 1.02. The summed E-state index contributed by atoms with van der Waals surface area (Å²) >= 11 is 1.85. The van der Waals surface area contributed by atoms with Crippen molar-refractivity contribution in [2.45, 2.75) is 57.0 Å². The molecule has 1 fully saturated rings. The average Bonchev–Trinajstić information content (AvgIpc) is 3.65. The minimum Gasteiger partial charge on any atom is -0.331 e. The molecule has 1 aromatic heterocycles. The molecule has 0 bridgehead atoms. The first-order valence-corrected chi connectivity index (χ1v) is 15.2. The second kappa shape index (κ2) is 10.0. The molecule has 0 unspecified atom stereocenters. The molecule has 4 aromatic rings. The van der Waals surface area contributed by atoms with Gasteiger partial charge in [0, 0.05) is 42.3 Å². The lowest BCUT2D eigenvalue weighted by Gasteiger charge is -2.37. The Hall–Kier alpha value is -3.28. The third kappa shape index (κ3) is 4.14. The number of carbonyl (C=O) groups is 1. The Bertz CT molecular complexity index is 1470. The highest BCUT2D eigenvalue weighted by Gasteiger charge is 2.46. The second-order valence-electron chi connectivity index (χ2n) is 11.4. The van der Waals surface area contributed by atoms with E-state index < -0.39 is 0 Å². The Morgan fingerprint density at radius 1 is 0.872 bits per heavy atom. The van der Waals surface area contributed by atoms with Crippen LogP contribution < -0.4 is 0 Å². The maximum Gasteiger partial charge on any atom is 0.254 e. The number of hydrogen-bond donors (Lipinski definition) is 0. The van der Waals surface area contributed by atoms with Gasteiger partial charge in [-0.25, -0.2) is 4.98 Å². The van der Waals surface area contributed by atoms with Gasteiger partial charge in [0.2, 0.25) is 0 Å². The van der Waals surface area contributed by atoms with E-state index in [9.17, 15) is 4.79 Å². The molecule has 198 valence electrons. The van der Waals surface area contributed by atoms with Crippen molar-refractivity contribution in [1.82, 2.24) is 14.8 Å². The van der Waals surface area contributed by atoms with E-state index in [1.807, 2.05) is 35.7 Å². The minimum atomic E-state index is -0.162. The van der Waals surface area contributed by atoms with Gasteiger partial charge in [-0.05, 0) is 73.0 Å². The fraction of sp³-hybridized carbons (Fsp3) is 0.353. The third-order valence-electron chi connectivity index (χ3n) is 9.17. The molecular formula is C34H35N3OS. The van der Waals surface area contributed by atoms with Crippen molar-refractivity contribution in [1.29, 1.82) is 0 Å². The molecular weight excluding hydrogens is 498 g/mol. The topological polar surface area (TPSA) is 36.4 Å². The SMILES string of the molecule is Cc1cnc(C2(CCCCN3CCC(N4Cc5ccccc5C4=O)CC3)c3ccccc3-c3ccccc32)s1. The number of unbranched alkanes of at least 4 members (excludes halogenated alkanes) is 1. The van der Waals surface area contributed by atoms with Gasteiger partial charge in [0.25, 0.3) is 5.91 Å². The monoisotopic (exact) mass is 533 g/mol. The van der Waals surface area contributed by atoms with Gasteiger partial charge in [-0.1, -0.05) is 73.2 Å². The lowest BCUT2D eigenvalue weighted by atomic mass is 9.74. The molecule has 0 saturated carbocycles. The van der Waals surface area contributed by atoms with Gasteiger partial charge in [-0.2, -0.15) is 0 Å². The van der Waals surface area contributed by atoms with E-state index >= 15 is 0 Å². The van der Waals surface area contributed by atoms with Gasteiger partial charge in [0.15, 0.2) is 0 Å². The van der Waals surface area contributed by atoms with E-state index in [1.165, 1.54) is 44.1 Å². The summed E-state index contributed by atoms with van der Waals surface area (Å²) in [7, 11) is 0.